The summed E-state index contributed by atoms with van der Waals surface area (Å²) in [7, 11) is 0. The van der Waals surface area contributed by atoms with Gasteiger partial charge in [0.25, 0.3) is 0 Å². The van der Waals surface area contributed by atoms with Crippen molar-refractivity contribution < 1.29 is 0 Å². The molecule has 2 aliphatic carbocycles. The van der Waals surface area contributed by atoms with Crippen LogP contribution in [0.4, 0.5) is 5.69 Å². The first-order valence-corrected chi connectivity index (χ1v) is 6.60. The molecule has 2 saturated carbocycles. The predicted octanol–water partition coefficient (Wildman–Crippen LogP) is 3.18. The monoisotopic (exact) mass is 226 g/mol. The van der Waals surface area contributed by atoms with Gasteiger partial charge >= 0.3 is 0 Å². The molecular formula is C15H18N2. The molecule has 88 valence electrons. The molecule has 0 aliphatic heterocycles. The molecule has 2 heteroatoms. The smallest absolute Gasteiger partial charge is 0.0992 e. The van der Waals surface area contributed by atoms with Crippen LogP contribution in [0.2, 0.25) is 0 Å². The second-order valence-corrected chi connectivity index (χ2v) is 5.45. The van der Waals surface area contributed by atoms with Crippen LogP contribution in [0.1, 0.15) is 31.2 Å². The van der Waals surface area contributed by atoms with Gasteiger partial charge in [0.2, 0.25) is 0 Å². The van der Waals surface area contributed by atoms with Gasteiger partial charge in [0.1, 0.15) is 0 Å². The fraction of sp³-hybridized carbons (Fsp3) is 0.533. The van der Waals surface area contributed by atoms with Gasteiger partial charge in [0.05, 0.1) is 11.6 Å². The van der Waals surface area contributed by atoms with Crippen molar-refractivity contribution in [1.82, 2.24) is 0 Å². The molecule has 0 unspecified atom stereocenters. The lowest BCUT2D eigenvalue weighted by Gasteiger charge is -2.25. The van der Waals surface area contributed by atoms with Gasteiger partial charge in [-0.2, -0.15) is 5.26 Å². The van der Waals surface area contributed by atoms with E-state index < -0.39 is 0 Å². The van der Waals surface area contributed by atoms with Gasteiger partial charge in [-0.1, -0.05) is 6.07 Å². The molecule has 0 bridgehead atoms. The first-order chi connectivity index (χ1) is 8.35. The first-order valence-electron chi connectivity index (χ1n) is 6.60. The molecule has 0 atom stereocenters. The van der Waals surface area contributed by atoms with Crippen LogP contribution < -0.4 is 4.90 Å². The molecule has 0 N–H and O–H groups in total. The SMILES string of the molecule is N#Cc1cccc(N(CC2CC2)CC2CC2)c1. The van der Waals surface area contributed by atoms with Crippen molar-refractivity contribution >= 4 is 5.69 Å². The largest absolute Gasteiger partial charge is 0.371 e. The fourth-order valence-corrected chi connectivity index (χ4v) is 2.28. The van der Waals surface area contributed by atoms with Gasteiger partial charge in [-0.25, -0.2) is 0 Å². The molecule has 2 aliphatic rings. The Hall–Kier alpha value is -1.49. The standard InChI is InChI=1S/C15H18N2/c16-9-14-2-1-3-15(8-14)17(10-12-4-5-12)11-13-6-7-13/h1-3,8,12-13H,4-7,10-11H2. The minimum Gasteiger partial charge on any atom is -0.371 e. The Morgan fingerprint density at radius 2 is 1.76 bits per heavy atom. The molecule has 1 aromatic carbocycles. The number of anilines is 1. The van der Waals surface area contributed by atoms with E-state index in [2.05, 4.69) is 17.0 Å². The normalized spacial score (nSPS) is 18.8. The molecule has 0 aromatic heterocycles. The summed E-state index contributed by atoms with van der Waals surface area (Å²) in [6.45, 7) is 2.37. The number of rotatable bonds is 5. The van der Waals surface area contributed by atoms with Crippen LogP contribution in [0.25, 0.3) is 0 Å². The summed E-state index contributed by atoms with van der Waals surface area (Å²) in [5, 5.41) is 8.96. The summed E-state index contributed by atoms with van der Waals surface area (Å²) in [6.07, 6.45) is 5.55. The lowest BCUT2D eigenvalue weighted by Crippen LogP contribution is -2.28. The van der Waals surface area contributed by atoms with Crippen molar-refractivity contribution in [2.24, 2.45) is 11.8 Å². The van der Waals surface area contributed by atoms with Crippen molar-refractivity contribution in [2.75, 3.05) is 18.0 Å². The number of hydrogen-bond donors (Lipinski definition) is 0. The molecule has 0 amide bonds. The molecule has 17 heavy (non-hydrogen) atoms. The molecule has 2 fully saturated rings. The van der Waals surface area contributed by atoms with Crippen LogP contribution in [0.15, 0.2) is 24.3 Å². The van der Waals surface area contributed by atoms with E-state index in [1.165, 1.54) is 44.5 Å². The maximum Gasteiger partial charge on any atom is 0.0992 e. The lowest BCUT2D eigenvalue weighted by atomic mass is 10.2. The lowest BCUT2D eigenvalue weighted by molar-refractivity contribution is 0.679. The van der Waals surface area contributed by atoms with Crippen LogP contribution in [0.5, 0.6) is 0 Å². The number of nitrogens with zero attached hydrogens (tertiary/aromatic N) is 2. The third-order valence-corrected chi connectivity index (χ3v) is 3.69. The predicted molar refractivity (Wildman–Crippen MR) is 68.8 cm³/mol. The zero-order chi connectivity index (χ0) is 11.7. The molecular weight excluding hydrogens is 208 g/mol. The summed E-state index contributed by atoms with van der Waals surface area (Å²) >= 11 is 0. The van der Waals surface area contributed by atoms with Crippen molar-refractivity contribution in [2.45, 2.75) is 25.7 Å². The Morgan fingerprint density at radius 3 is 2.29 bits per heavy atom. The van der Waals surface area contributed by atoms with Gasteiger partial charge in [0, 0.05) is 18.8 Å². The Balaban J connectivity index is 1.76. The van der Waals surface area contributed by atoms with Crippen LogP contribution in [-0.2, 0) is 0 Å². The summed E-state index contributed by atoms with van der Waals surface area (Å²) in [4.78, 5) is 2.50. The van der Waals surface area contributed by atoms with Gasteiger partial charge in [-0.15, -0.1) is 0 Å². The molecule has 0 heterocycles. The van der Waals surface area contributed by atoms with Crippen LogP contribution in [0.3, 0.4) is 0 Å². The van der Waals surface area contributed by atoms with E-state index in [-0.39, 0.29) is 0 Å². The average molecular weight is 226 g/mol. The summed E-state index contributed by atoms with van der Waals surface area (Å²) < 4.78 is 0. The summed E-state index contributed by atoms with van der Waals surface area (Å²) in [6, 6.07) is 10.3. The Bertz CT molecular complexity index is 424. The second-order valence-electron chi connectivity index (χ2n) is 5.45. The van der Waals surface area contributed by atoms with Crippen molar-refractivity contribution in [1.29, 1.82) is 5.26 Å². The Morgan fingerprint density at radius 1 is 1.12 bits per heavy atom. The van der Waals surface area contributed by atoms with E-state index in [0.717, 1.165) is 17.4 Å². The van der Waals surface area contributed by atoms with E-state index in [1.54, 1.807) is 0 Å². The highest BCUT2D eigenvalue weighted by Crippen LogP contribution is 2.35. The first kappa shape index (κ1) is 10.7. The summed E-state index contributed by atoms with van der Waals surface area (Å²) in [5.41, 5.74) is 2.02. The highest BCUT2D eigenvalue weighted by atomic mass is 15.1. The van der Waals surface area contributed by atoms with Gasteiger partial charge in [-0.05, 0) is 55.7 Å². The molecule has 0 spiro atoms. The highest BCUT2D eigenvalue weighted by molar-refractivity contribution is 5.51. The van der Waals surface area contributed by atoms with Crippen LogP contribution >= 0.6 is 0 Å². The van der Waals surface area contributed by atoms with Crippen LogP contribution in [-0.4, -0.2) is 13.1 Å². The molecule has 3 rings (SSSR count). The molecule has 1 aromatic rings. The zero-order valence-electron chi connectivity index (χ0n) is 10.1. The molecule has 2 nitrogen and oxygen atoms in total. The minimum absolute atomic E-state index is 0.777. The number of hydrogen-bond acceptors (Lipinski definition) is 2. The zero-order valence-corrected chi connectivity index (χ0v) is 10.1. The van der Waals surface area contributed by atoms with E-state index >= 15 is 0 Å². The molecule has 0 radical (unpaired) electrons. The quantitative estimate of drug-likeness (QED) is 0.771. The maximum absolute atomic E-state index is 8.96. The van der Waals surface area contributed by atoms with Crippen molar-refractivity contribution in [3.05, 3.63) is 29.8 Å². The van der Waals surface area contributed by atoms with E-state index in [1.807, 2.05) is 18.2 Å². The maximum atomic E-state index is 8.96. The summed E-state index contributed by atoms with van der Waals surface area (Å²) in [5.74, 6) is 1.80. The fourth-order valence-electron chi connectivity index (χ4n) is 2.28. The average Bonchev–Trinajstić information content (AvgIpc) is 3.23. The second kappa shape index (κ2) is 4.41. The Labute approximate surface area is 103 Å². The third-order valence-electron chi connectivity index (χ3n) is 3.69. The highest BCUT2D eigenvalue weighted by Gasteiger charge is 2.29. The third kappa shape index (κ3) is 2.79. The number of benzene rings is 1. The van der Waals surface area contributed by atoms with Crippen LogP contribution in [0, 0.1) is 23.2 Å². The van der Waals surface area contributed by atoms with E-state index in [4.69, 9.17) is 5.26 Å². The minimum atomic E-state index is 0.777. The van der Waals surface area contributed by atoms with Gasteiger partial charge in [0.15, 0.2) is 0 Å². The van der Waals surface area contributed by atoms with Gasteiger partial charge < -0.3 is 4.90 Å². The van der Waals surface area contributed by atoms with Gasteiger partial charge in [-0.3, -0.25) is 0 Å². The van der Waals surface area contributed by atoms with E-state index in [0.29, 0.717) is 0 Å². The Kier molecular flexibility index (Phi) is 2.76. The topological polar surface area (TPSA) is 27.0 Å². The van der Waals surface area contributed by atoms with Crippen molar-refractivity contribution in [3.63, 3.8) is 0 Å². The van der Waals surface area contributed by atoms with E-state index in [9.17, 15) is 0 Å². The number of nitriles is 1. The molecule has 0 saturated heterocycles. The van der Waals surface area contributed by atoms with Crippen molar-refractivity contribution in [3.8, 4) is 6.07 Å².